The summed E-state index contributed by atoms with van der Waals surface area (Å²) in [6.07, 6.45) is 2.39. The van der Waals surface area contributed by atoms with Gasteiger partial charge in [-0.15, -0.1) is 11.3 Å². The first-order valence-corrected chi connectivity index (χ1v) is 12.5. The normalized spacial score (nSPS) is 16.9. The van der Waals surface area contributed by atoms with Crippen molar-refractivity contribution in [2.75, 3.05) is 19.6 Å². The monoisotopic (exact) mass is 497 g/mol. The molecule has 0 atom stereocenters. The van der Waals surface area contributed by atoms with Gasteiger partial charge < -0.3 is 5.32 Å². The highest BCUT2D eigenvalue weighted by Crippen LogP contribution is 2.32. The van der Waals surface area contributed by atoms with Gasteiger partial charge in [-0.2, -0.15) is 0 Å². The average Bonchev–Trinajstić information content (AvgIpc) is 3.47. The Morgan fingerprint density at radius 2 is 1.76 bits per heavy atom. The van der Waals surface area contributed by atoms with E-state index in [-0.39, 0.29) is 41.3 Å². The van der Waals surface area contributed by atoms with Gasteiger partial charge in [0, 0.05) is 30.1 Å². The smallest absolute Gasteiger partial charge is 0.293 e. The number of hydrogen-bond donors (Lipinski definition) is 1. The molecule has 4 rings (SSSR count). The molecule has 0 saturated carbocycles. The Bertz CT molecular complexity index is 1200. The maximum absolute atomic E-state index is 12.7. The van der Waals surface area contributed by atoms with Gasteiger partial charge in [-0.3, -0.25) is 33.8 Å². The van der Waals surface area contributed by atoms with Crippen molar-refractivity contribution in [1.82, 2.24) is 15.1 Å². The highest BCUT2D eigenvalue weighted by Gasteiger charge is 2.36. The van der Waals surface area contributed by atoms with Crippen LogP contribution in [0.25, 0.3) is 6.08 Å². The second-order valence-electron chi connectivity index (χ2n) is 8.31. The van der Waals surface area contributed by atoms with E-state index in [1.54, 1.807) is 6.08 Å². The Morgan fingerprint density at radius 1 is 1.00 bits per heavy atom. The first-order chi connectivity index (χ1) is 16.3. The van der Waals surface area contributed by atoms with E-state index in [0.717, 1.165) is 21.5 Å². The summed E-state index contributed by atoms with van der Waals surface area (Å²) in [6.45, 7) is 4.47. The molecule has 5 amide bonds. The molecule has 34 heavy (non-hydrogen) atoms. The lowest BCUT2D eigenvalue weighted by Crippen LogP contribution is -2.37. The molecule has 1 N–H and O–H groups in total. The van der Waals surface area contributed by atoms with Gasteiger partial charge in [0.05, 0.1) is 16.0 Å². The highest BCUT2D eigenvalue weighted by molar-refractivity contribution is 8.18. The van der Waals surface area contributed by atoms with Gasteiger partial charge in [0.1, 0.15) is 0 Å². The van der Waals surface area contributed by atoms with Crippen molar-refractivity contribution >= 4 is 58.0 Å². The minimum Gasteiger partial charge on any atom is -0.350 e. The number of carbonyl (C=O) groups excluding carboxylic acids is 5. The van der Waals surface area contributed by atoms with Crippen molar-refractivity contribution in [3.05, 3.63) is 62.2 Å². The molecule has 0 radical (unpaired) electrons. The van der Waals surface area contributed by atoms with Crippen LogP contribution in [-0.4, -0.2) is 58.3 Å². The third-order valence-corrected chi connectivity index (χ3v) is 7.20. The fourth-order valence-corrected chi connectivity index (χ4v) is 5.19. The zero-order chi connectivity index (χ0) is 24.4. The number of thiophene rings is 1. The predicted molar refractivity (Wildman–Crippen MR) is 131 cm³/mol. The van der Waals surface area contributed by atoms with Crippen LogP contribution in [-0.2, 0) is 4.79 Å². The molecule has 1 aromatic carbocycles. The topological polar surface area (TPSA) is 104 Å². The van der Waals surface area contributed by atoms with E-state index in [1.165, 1.54) is 34.4 Å². The van der Waals surface area contributed by atoms with Gasteiger partial charge in [0.25, 0.3) is 28.9 Å². The fraction of sp³-hybridized carbons (Fsp3) is 0.292. The lowest BCUT2D eigenvalue weighted by Gasteiger charge is -2.14. The molecule has 0 spiro atoms. The van der Waals surface area contributed by atoms with E-state index >= 15 is 0 Å². The van der Waals surface area contributed by atoms with Gasteiger partial charge in [-0.1, -0.05) is 19.9 Å². The summed E-state index contributed by atoms with van der Waals surface area (Å²) in [7, 11) is 0. The third-order valence-electron chi connectivity index (χ3n) is 5.47. The number of nitrogens with zero attached hydrogens (tertiary/aromatic N) is 2. The molecular formula is C24H23N3O5S2. The summed E-state index contributed by atoms with van der Waals surface area (Å²) in [5.74, 6) is -1.24. The largest absolute Gasteiger partial charge is 0.350 e. The molecule has 8 nitrogen and oxygen atoms in total. The van der Waals surface area contributed by atoms with Crippen LogP contribution >= 0.6 is 23.1 Å². The van der Waals surface area contributed by atoms with Gasteiger partial charge >= 0.3 is 0 Å². The molecular weight excluding hydrogens is 474 g/mol. The Kier molecular flexibility index (Phi) is 6.99. The van der Waals surface area contributed by atoms with E-state index in [9.17, 15) is 24.0 Å². The van der Waals surface area contributed by atoms with Crippen LogP contribution in [0.15, 0.2) is 40.6 Å². The molecule has 2 aromatic rings. The second-order valence-corrected chi connectivity index (χ2v) is 10.3. The lowest BCUT2D eigenvalue weighted by molar-refractivity contribution is -0.122. The molecule has 2 aliphatic rings. The summed E-state index contributed by atoms with van der Waals surface area (Å²) in [5.41, 5.74) is 0.740. The molecule has 2 aliphatic heterocycles. The van der Waals surface area contributed by atoms with Gasteiger partial charge in [0.2, 0.25) is 0 Å². The summed E-state index contributed by atoms with van der Waals surface area (Å²) in [4.78, 5) is 66.2. The number of thioether (sulfide) groups is 1. The van der Waals surface area contributed by atoms with Crippen molar-refractivity contribution < 1.29 is 24.0 Å². The number of benzene rings is 1. The summed E-state index contributed by atoms with van der Waals surface area (Å²) >= 11 is 2.34. The molecule has 0 unspecified atom stereocenters. The van der Waals surface area contributed by atoms with Crippen LogP contribution in [0.1, 0.15) is 56.2 Å². The molecule has 1 aromatic heterocycles. The molecule has 0 aliphatic carbocycles. The van der Waals surface area contributed by atoms with Crippen LogP contribution in [0.4, 0.5) is 4.79 Å². The molecule has 0 bridgehead atoms. The fourth-order valence-electron chi connectivity index (χ4n) is 3.60. The van der Waals surface area contributed by atoms with E-state index in [1.807, 2.05) is 31.4 Å². The Hall–Kier alpha value is -3.24. The Morgan fingerprint density at radius 3 is 2.47 bits per heavy atom. The average molecular weight is 498 g/mol. The molecule has 1 saturated heterocycles. The van der Waals surface area contributed by atoms with Crippen molar-refractivity contribution in [3.63, 3.8) is 0 Å². The molecule has 1 fully saturated rings. The van der Waals surface area contributed by atoms with Crippen LogP contribution in [0.2, 0.25) is 0 Å². The van der Waals surface area contributed by atoms with E-state index in [0.29, 0.717) is 29.4 Å². The number of carbonyl (C=O) groups is 5. The van der Waals surface area contributed by atoms with Gasteiger partial charge in [-0.25, -0.2) is 0 Å². The van der Waals surface area contributed by atoms with Gasteiger partial charge in [-0.05, 0) is 59.8 Å². The van der Waals surface area contributed by atoms with Crippen LogP contribution < -0.4 is 5.32 Å². The van der Waals surface area contributed by atoms with Crippen LogP contribution in [0.5, 0.6) is 0 Å². The van der Waals surface area contributed by atoms with Crippen molar-refractivity contribution in [2.45, 2.75) is 20.3 Å². The number of amides is 5. The number of rotatable bonds is 8. The maximum Gasteiger partial charge on any atom is 0.293 e. The van der Waals surface area contributed by atoms with Gasteiger partial charge in [0.15, 0.2) is 0 Å². The Balaban J connectivity index is 1.36. The third kappa shape index (κ3) is 4.83. The number of nitrogens with one attached hydrogen (secondary N) is 1. The first-order valence-electron chi connectivity index (χ1n) is 10.8. The lowest BCUT2D eigenvalue weighted by atomic mass is 10.1. The summed E-state index contributed by atoms with van der Waals surface area (Å²) in [6, 6.07) is 8.13. The summed E-state index contributed by atoms with van der Waals surface area (Å²) in [5, 5.41) is 4.18. The molecule has 10 heteroatoms. The Labute approximate surface area is 205 Å². The minimum atomic E-state index is -0.454. The molecule has 176 valence electrons. The first kappa shape index (κ1) is 23.9. The van der Waals surface area contributed by atoms with Crippen LogP contribution in [0.3, 0.4) is 0 Å². The quantitative estimate of drug-likeness (QED) is 0.439. The van der Waals surface area contributed by atoms with E-state index in [4.69, 9.17) is 0 Å². The van der Waals surface area contributed by atoms with Crippen molar-refractivity contribution in [3.8, 4) is 0 Å². The predicted octanol–water partition coefficient (Wildman–Crippen LogP) is 3.86. The minimum absolute atomic E-state index is 0.0313. The molecule has 3 heterocycles. The highest BCUT2D eigenvalue weighted by atomic mass is 32.2. The zero-order valence-electron chi connectivity index (χ0n) is 18.7. The number of fused-ring (bicyclic) bond motifs is 1. The number of hydrogen-bond acceptors (Lipinski definition) is 7. The second kappa shape index (κ2) is 9.94. The summed E-state index contributed by atoms with van der Waals surface area (Å²) < 4.78 is 0. The van der Waals surface area contributed by atoms with Crippen molar-refractivity contribution in [2.24, 2.45) is 5.92 Å². The van der Waals surface area contributed by atoms with E-state index < -0.39 is 11.8 Å². The SMILES string of the molecule is CC(C)CCN1C(=O)c2ccc(C(=O)NCCN3C(=O)S/C(=C/c4cccs4)C3=O)cc2C1=O. The number of imide groups is 2. The zero-order valence-corrected chi connectivity index (χ0v) is 20.3. The maximum atomic E-state index is 12.7. The standard InChI is InChI=1S/C24H23N3O5S2/c1-14(2)7-9-26-21(29)17-6-5-15(12-18(17)22(26)30)20(28)25-8-10-27-23(31)19(34-24(27)32)13-16-4-3-11-33-16/h3-6,11-14H,7-10H2,1-2H3,(H,25,28)/b19-13+. The van der Waals surface area contributed by atoms with E-state index in [2.05, 4.69) is 5.32 Å². The van der Waals surface area contributed by atoms with Crippen molar-refractivity contribution in [1.29, 1.82) is 0 Å². The van der Waals surface area contributed by atoms with Crippen LogP contribution in [0, 0.1) is 5.92 Å².